The topological polar surface area (TPSA) is 91.7 Å². The minimum atomic E-state index is -1.35. The van der Waals surface area contributed by atoms with Crippen LogP contribution in [0, 0.1) is 34.0 Å². The van der Waals surface area contributed by atoms with Gasteiger partial charge in [-0.1, -0.05) is 20.8 Å². The van der Waals surface area contributed by atoms with Crippen LogP contribution in [-0.4, -0.2) is 39.8 Å². The zero-order valence-electron chi connectivity index (χ0n) is 14.5. The van der Waals surface area contributed by atoms with Crippen LogP contribution in [0.5, 0.6) is 0 Å². The van der Waals surface area contributed by atoms with E-state index in [0.717, 1.165) is 0 Å². The van der Waals surface area contributed by atoms with E-state index < -0.39 is 40.5 Å². The summed E-state index contributed by atoms with van der Waals surface area (Å²) >= 11 is 0. The molecule has 4 fully saturated rings. The Morgan fingerprint density at radius 2 is 1.67 bits per heavy atom. The van der Waals surface area contributed by atoms with Gasteiger partial charge >= 0.3 is 0 Å². The van der Waals surface area contributed by atoms with Crippen LogP contribution < -0.4 is 0 Å². The SMILES string of the molecule is CC1(C)C(=O)CC[C@@]2(C)C3CCC4C(=O)C(=O)C3(C4O)[C@H](O)C[C@H]12. The molecule has 0 heterocycles. The number of aliphatic hydroxyl groups is 2. The molecule has 0 amide bonds. The summed E-state index contributed by atoms with van der Waals surface area (Å²) in [7, 11) is 0. The smallest absolute Gasteiger partial charge is 0.210 e. The molecule has 0 radical (unpaired) electrons. The minimum absolute atomic E-state index is 0.0378. The van der Waals surface area contributed by atoms with E-state index in [1.54, 1.807) is 0 Å². The van der Waals surface area contributed by atoms with Gasteiger partial charge in [0, 0.05) is 11.8 Å². The third-order valence-electron chi connectivity index (χ3n) is 8.25. The summed E-state index contributed by atoms with van der Waals surface area (Å²) in [5.41, 5.74) is -2.21. The molecular formula is C19H26O5. The Bertz CT molecular complexity index is 652. The maximum Gasteiger partial charge on any atom is 0.210 e. The predicted molar refractivity (Wildman–Crippen MR) is 84.9 cm³/mol. The summed E-state index contributed by atoms with van der Waals surface area (Å²) in [5.74, 6) is -1.79. The molecule has 0 aromatic rings. The van der Waals surface area contributed by atoms with Gasteiger partial charge in [0.05, 0.1) is 23.5 Å². The first-order valence-electron chi connectivity index (χ1n) is 9.07. The Balaban J connectivity index is 1.88. The van der Waals surface area contributed by atoms with Crippen molar-refractivity contribution in [3.05, 3.63) is 0 Å². The monoisotopic (exact) mass is 334 g/mol. The molecular weight excluding hydrogens is 308 g/mol. The van der Waals surface area contributed by atoms with Gasteiger partial charge in [-0.15, -0.1) is 0 Å². The lowest BCUT2D eigenvalue weighted by molar-refractivity contribution is -0.222. The van der Waals surface area contributed by atoms with Gasteiger partial charge in [-0.05, 0) is 42.9 Å². The summed E-state index contributed by atoms with van der Waals surface area (Å²) in [5, 5.41) is 21.8. The number of hydrogen-bond acceptors (Lipinski definition) is 5. The third kappa shape index (κ3) is 1.52. The van der Waals surface area contributed by atoms with Crippen LogP contribution in [0.3, 0.4) is 0 Å². The largest absolute Gasteiger partial charge is 0.392 e. The van der Waals surface area contributed by atoms with Crippen molar-refractivity contribution in [1.82, 2.24) is 0 Å². The number of carbonyl (C=O) groups excluding carboxylic acids is 3. The first-order valence-corrected chi connectivity index (χ1v) is 9.07. The number of carbonyl (C=O) groups is 3. The fraction of sp³-hybridized carbons (Fsp3) is 0.842. The summed E-state index contributed by atoms with van der Waals surface area (Å²) in [4.78, 5) is 37.7. The standard InChI is InChI=1S/C19H26O5/c1-17(2)11-8-13(21)19-10(18(11,3)7-6-12(17)20)5-4-9(15(19)23)14(22)16(19)24/h9-11,13,15,21,23H,4-8H2,1-3H3/t9?,10?,11-,13-,15?,18+,19?/m1/s1. The highest BCUT2D eigenvalue weighted by Gasteiger charge is 2.75. The molecule has 4 aliphatic rings. The van der Waals surface area contributed by atoms with Crippen molar-refractivity contribution in [2.45, 2.75) is 65.1 Å². The third-order valence-corrected chi connectivity index (χ3v) is 8.25. The van der Waals surface area contributed by atoms with Crippen LogP contribution in [0.1, 0.15) is 52.9 Å². The highest BCUT2D eigenvalue weighted by atomic mass is 16.3. The Hall–Kier alpha value is -1.07. The molecule has 4 aliphatic carbocycles. The van der Waals surface area contributed by atoms with Gasteiger partial charge in [0.1, 0.15) is 5.78 Å². The van der Waals surface area contributed by atoms with Gasteiger partial charge in [-0.25, -0.2) is 0 Å². The van der Waals surface area contributed by atoms with Crippen molar-refractivity contribution in [2.75, 3.05) is 0 Å². The second-order valence-corrected chi connectivity index (χ2v) is 9.26. The van der Waals surface area contributed by atoms with E-state index in [-0.39, 0.29) is 23.0 Å². The fourth-order valence-corrected chi connectivity index (χ4v) is 6.98. The van der Waals surface area contributed by atoms with E-state index in [1.165, 1.54) is 0 Å². The lowest BCUT2D eigenvalue weighted by Gasteiger charge is -2.64. The Labute approximate surface area is 141 Å². The Kier molecular flexibility index (Phi) is 3.11. The van der Waals surface area contributed by atoms with E-state index in [1.807, 2.05) is 13.8 Å². The number of Topliss-reactive ketones (excluding diaryl/α,β-unsaturated/α-hetero) is 3. The lowest BCUT2D eigenvalue weighted by Crippen LogP contribution is -2.68. The van der Waals surface area contributed by atoms with Crippen molar-refractivity contribution < 1.29 is 24.6 Å². The molecule has 1 spiro atoms. The van der Waals surface area contributed by atoms with Crippen molar-refractivity contribution in [3.63, 3.8) is 0 Å². The van der Waals surface area contributed by atoms with Crippen LogP contribution in [0.4, 0.5) is 0 Å². The van der Waals surface area contributed by atoms with Gasteiger partial charge in [-0.3, -0.25) is 14.4 Å². The highest BCUT2D eigenvalue weighted by Crippen LogP contribution is 2.69. The number of ketones is 3. The molecule has 132 valence electrons. The van der Waals surface area contributed by atoms with Gasteiger partial charge in [0.2, 0.25) is 11.6 Å². The summed E-state index contributed by atoms with van der Waals surface area (Å²) < 4.78 is 0. The zero-order valence-corrected chi connectivity index (χ0v) is 14.5. The molecule has 0 aromatic carbocycles. The van der Waals surface area contributed by atoms with Crippen molar-refractivity contribution in [3.8, 4) is 0 Å². The Morgan fingerprint density at radius 3 is 2.33 bits per heavy atom. The van der Waals surface area contributed by atoms with E-state index in [9.17, 15) is 24.6 Å². The lowest BCUT2D eigenvalue weighted by atomic mass is 9.39. The summed E-state index contributed by atoms with van der Waals surface area (Å²) in [6.07, 6.45) is 0.457. The molecule has 4 saturated carbocycles. The van der Waals surface area contributed by atoms with Crippen molar-refractivity contribution in [1.29, 1.82) is 0 Å². The van der Waals surface area contributed by atoms with Gasteiger partial charge in [0.15, 0.2) is 0 Å². The minimum Gasteiger partial charge on any atom is -0.392 e. The van der Waals surface area contributed by atoms with Gasteiger partial charge in [-0.2, -0.15) is 0 Å². The first-order chi connectivity index (χ1) is 11.1. The van der Waals surface area contributed by atoms with E-state index >= 15 is 0 Å². The molecule has 2 N–H and O–H groups in total. The molecule has 4 unspecified atom stereocenters. The quantitative estimate of drug-likeness (QED) is 0.651. The fourth-order valence-electron chi connectivity index (χ4n) is 6.98. The van der Waals surface area contributed by atoms with E-state index in [0.29, 0.717) is 32.1 Å². The molecule has 4 rings (SSSR count). The molecule has 5 nitrogen and oxygen atoms in total. The van der Waals surface area contributed by atoms with Crippen LogP contribution in [0.25, 0.3) is 0 Å². The number of hydrogen-bond donors (Lipinski definition) is 2. The average molecular weight is 334 g/mol. The van der Waals surface area contributed by atoms with Gasteiger partial charge in [0.25, 0.3) is 0 Å². The second-order valence-electron chi connectivity index (χ2n) is 9.26. The second kappa shape index (κ2) is 4.55. The molecule has 0 aliphatic heterocycles. The molecule has 24 heavy (non-hydrogen) atoms. The molecule has 7 atom stereocenters. The summed E-state index contributed by atoms with van der Waals surface area (Å²) in [6, 6.07) is 0. The normalized spacial score (nSPS) is 52.9. The molecule has 5 heteroatoms. The number of rotatable bonds is 0. The van der Waals surface area contributed by atoms with E-state index in [2.05, 4.69) is 6.92 Å². The van der Waals surface area contributed by atoms with Crippen molar-refractivity contribution >= 4 is 17.3 Å². The van der Waals surface area contributed by atoms with Crippen molar-refractivity contribution in [2.24, 2.45) is 34.0 Å². The van der Waals surface area contributed by atoms with Crippen LogP contribution >= 0.6 is 0 Å². The molecule has 0 saturated heterocycles. The highest BCUT2D eigenvalue weighted by molar-refractivity contribution is 6.43. The Morgan fingerprint density at radius 1 is 1.00 bits per heavy atom. The average Bonchev–Trinajstić information content (AvgIpc) is 2.64. The van der Waals surface area contributed by atoms with Crippen LogP contribution in [0.15, 0.2) is 0 Å². The maximum absolute atomic E-state index is 12.9. The zero-order chi connectivity index (χ0) is 17.7. The van der Waals surface area contributed by atoms with E-state index in [4.69, 9.17) is 0 Å². The van der Waals surface area contributed by atoms with Gasteiger partial charge < -0.3 is 10.2 Å². The van der Waals surface area contributed by atoms with Crippen LogP contribution in [-0.2, 0) is 14.4 Å². The molecule has 2 bridgehead atoms. The maximum atomic E-state index is 12.9. The predicted octanol–water partition coefficient (Wildman–Crippen LogP) is 1.29. The number of aliphatic hydroxyl groups excluding tert-OH is 2. The molecule has 0 aromatic heterocycles. The summed E-state index contributed by atoms with van der Waals surface area (Å²) in [6.45, 7) is 5.98. The first kappa shape index (κ1) is 16.4. The number of fused-ring (bicyclic) bond motifs is 3. The van der Waals surface area contributed by atoms with Crippen LogP contribution in [0.2, 0.25) is 0 Å².